The van der Waals surface area contributed by atoms with E-state index < -0.39 is 0 Å². The van der Waals surface area contributed by atoms with Crippen LogP contribution in [0, 0.1) is 0 Å². The summed E-state index contributed by atoms with van der Waals surface area (Å²) in [6, 6.07) is 12.1. The molecule has 0 fully saturated rings. The first-order chi connectivity index (χ1) is 11.5. The summed E-state index contributed by atoms with van der Waals surface area (Å²) in [6.07, 6.45) is 0.390. The number of rotatable bonds is 6. The fourth-order valence-corrected chi connectivity index (χ4v) is 2.31. The molecule has 126 valence electrons. The summed E-state index contributed by atoms with van der Waals surface area (Å²) in [5.41, 5.74) is 1.81. The van der Waals surface area contributed by atoms with E-state index >= 15 is 0 Å². The third-order valence-electron chi connectivity index (χ3n) is 3.14. The molecule has 0 heterocycles. The normalized spacial score (nSPS) is 10.1. The summed E-state index contributed by atoms with van der Waals surface area (Å²) in [5.74, 6) is -0.333. The summed E-state index contributed by atoms with van der Waals surface area (Å²) in [6.45, 7) is 1.80. The summed E-state index contributed by atoms with van der Waals surface area (Å²) in [4.78, 5) is 23.4. The Balaban J connectivity index is 1.94. The van der Waals surface area contributed by atoms with E-state index in [-0.39, 0.29) is 18.4 Å². The Morgan fingerprint density at radius 3 is 2.25 bits per heavy atom. The van der Waals surface area contributed by atoms with Gasteiger partial charge in [-0.2, -0.15) is 0 Å². The van der Waals surface area contributed by atoms with Crippen molar-refractivity contribution in [1.29, 1.82) is 0 Å². The van der Waals surface area contributed by atoms with Crippen LogP contribution in [0.5, 0.6) is 0 Å². The molecule has 3 N–H and O–H groups in total. The average molecular weight is 366 g/mol. The van der Waals surface area contributed by atoms with Crippen LogP contribution in [0.2, 0.25) is 10.0 Å². The Morgan fingerprint density at radius 1 is 0.958 bits per heavy atom. The third kappa shape index (κ3) is 5.15. The molecular formula is C17H17Cl2N3O2. The SMILES string of the molecule is CCC(=O)Nc1cccc(NC(=O)CNc2cccc(Cl)c2Cl)c1. The molecular weight excluding hydrogens is 349 g/mol. The molecule has 0 aromatic heterocycles. The predicted molar refractivity (Wildman–Crippen MR) is 98.9 cm³/mol. The zero-order valence-corrected chi connectivity index (χ0v) is 14.5. The highest BCUT2D eigenvalue weighted by atomic mass is 35.5. The number of anilines is 3. The highest BCUT2D eigenvalue weighted by molar-refractivity contribution is 6.43. The van der Waals surface area contributed by atoms with E-state index in [2.05, 4.69) is 16.0 Å². The first-order valence-electron chi connectivity index (χ1n) is 7.37. The molecule has 0 atom stereocenters. The Bertz CT molecular complexity index is 750. The van der Waals surface area contributed by atoms with Crippen molar-refractivity contribution in [2.75, 3.05) is 22.5 Å². The van der Waals surface area contributed by atoms with E-state index in [0.717, 1.165) is 0 Å². The first kappa shape index (κ1) is 18.1. The molecule has 7 heteroatoms. The molecule has 0 unspecified atom stereocenters. The molecule has 2 aromatic carbocycles. The van der Waals surface area contributed by atoms with Gasteiger partial charge >= 0.3 is 0 Å². The van der Waals surface area contributed by atoms with Gasteiger partial charge in [-0.05, 0) is 30.3 Å². The van der Waals surface area contributed by atoms with Gasteiger partial charge in [-0.15, -0.1) is 0 Å². The highest BCUT2D eigenvalue weighted by Crippen LogP contribution is 2.29. The zero-order chi connectivity index (χ0) is 17.5. The maximum atomic E-state index is 12.0. The second kappa shape index (κ2) is 8.57. The van der Waals surface area contributed by atoms with Gasteiger partial charge in [0, 0.05) is 17.8 Å². The second-order valence-corrected chi connectivity index (χ2v) is 5.77. The predicted octanol–water partition coefficient (Wildman–Crippen LogP) is 4.39. The molecule has 0 radical (unpaired) electrons. The largest absolute Gasteiger partial charge is 0.375 e. The lowest BCUT2D eigenvalue weighted by Crippen LogP contribution is -2.22. The van der Waals surface area contributed by atoms with Crippen LogP contribution in [0.1, 0.15) is 13.3 Å². The van der Waals surface area contributed by atoms with Gasteiger partial charge in [0.05, 0.1) is 22.3 Å². The van der Waals surface area contributed by atoms with Gasteiger partial charge in [-0.25, -0.2) is 0 Å². The number of carbonyl (C=O) groups excluding carboxylic acids is 2. The Labute approximate surface area is 150 Å². The number of halogens is 2. The molecule has 2 rings (SSSR count). The topological polar surface area (TPSA) is 70.2 Å². The molecule has 24 heavy (non-hydrogen) atoms. The fraction of sp³-hybridized carbons (Fsp3) is 0.176. The molecule has 0 saturated carbocycles. The second-order valence-electron chi connectivity index (χ2n) is 4.99. The number of hydrogen-bond acceptors (Lipinski definition) is 3. The number of hydrogen-bond donors (Lipinski definition) is 3. The zero-order valence-electron chi connectivity index (χ0n) is 13.0. The minimum atomic E-state index is -0.245. The van der Waals surface area contributed by atoms with Crippen LogP contribution in [0.15, 0.2) is 42.5 Å². The first-order valence-corrected chi connectivity index (χ1v) is 8.13. The van der Waals surface area contributed by atoms with Crippen LogP contribution < -0.4 is 16.0 Å². The highest BCUT2D eigenvalue weighted by Gasteiger charge is 2.07. The van der Waals surface area contributed by atoms with Crippen LogP contribution in [0.4, 0.5) is 17.1 Å². The van der Waals surface area contributed by atoms with Gasteiger partial charge in [0.15, 0.2) is 0 Å². The van der Waals surface area contributed by atoms with Crippen LogP contribution in [-0.2, 0) is 9.59 Å². The monoisotopic (exact) mass is 365 g/mol. The lowest BCUT2D eigenvalue weighted by atomic mass is 10.2. The molecule has 5 nitrogen and oxygen atoms in total. The van der Waals surface area contributed by atoms with Gasteiger partial charge < -0.3 is 16.0 Å². The van der Waals surface area contributed by atoms with Crippen molar-refractivity contribution < 1.29 is 9.59 Å². The van der Waals surface area contributed by atoms with E-state index in [4.69, 9.17) is 23.2 Å². The maximum Gasteiger partial charge on any atom is 0.243 e. The van der Waals surface area contributed by atoms with Gasteiger partial charge in [0.1, 0.15) is 0 Å². The van der Waals surface area contributed by atoms with Crippen molar-refractivity contribution in [2.45, 2.75) is 13.3 Å². The van der Waals surface area contributed by atoms with Crippen LogP contribution in [0.25, 0.3) is 0 Å². The maximum absolute atomic E-state index is 12.0. The summed E-state index contributed by atoms with van der Waals surface area (Å²) >= 11 is 12.0. The Kier molecular flexibility index (Phi) is 6.46. The smallest absolute Gasteiger partial charge is 0.243 e. The van der Waals surface area contributed by atoms with Gasteiger partial charge in [-0.3, -0.25) is 9.59 Å². The van der Waals surface area contributed by atoms with Crippen molar-refractivity contribution >= 4 is 52.1 Å². The van der Waals surface area contributed by atoms with E-state index in [9.17, 15) is 9.59 Å². The van der Waals surface area contributed by atoms with E-state index in [1.54, 1.807) is 49.4 Å². The van der Waals surface area contributed by atoms with Crippen molar-refractivity contribution in [1.82, 2.24) is 0 Å². The summed E-state index contributed by atoms with van der Waals surface area (Å²) in [5, 5.41) is 9.21. The van der Waals surface area contributed by atoms with Gasteiger partial charge in [0.25, 0.3) is 0 Å². The molecule has 0 aliphatic heterocycles. The molecule has 2 aromatic rings. The molecule has 0 spiro atoms. The molecule has 0 bridgehead atoms. The minimum absolute atomic E-state index is 0.0333. The molecule has 0 saturated heterocycles. The summed E-state index contributed by atoms with van der Waals surface area (Å²) in [7, 11) is 0. The van der Waals surface area contributed by atoms with Crippen molar-refractivity contribution in [3.8, 4) is 0 Å². The van der Waals surface area contributed by atoms with Crippen LogP contribution >= 0.6 is 23.2 Å². The molecule has 2 amide bonds. The summed E-state index contributed by atoms with van der Waals surface area (Å²) < 4.78 is 0. The van der Waals surface area contributed by atoms with Crippen molar-refractivity contribution in [2.24, 2.45) is 0 Å². The number of benzene rings is 2. The van der Waals surface area contributed by atoms with Gasteiger partial charge in [0.2, 0.25) is 11.8 Å². The fourth-order valence-electron chi connectivity index (χ4n) is 1.95. The van der Waals surface area contributed by atoms with Crippen molar-refractivity contribution in [3.05, 3.63) is 52.5 Å². The Morgan fingerprint density at radius 2 is 1.58 bits per heavy atom. The number of carbonyl (C=O) groups is 2. The van der Waals surface area contributed by atoms with Gasteiger partial charge in [-0.1, -0.05) is 42.3 Å². The molecule has 0 aliphatic carbocycles. The number of amides is 2. The quantitative estimate of drug-likeness (QED) is 0.710. The minimum Gasteiger partial charge on any atom is -0.375 e. The van der Waals surface area contributed by atoms with E-state index in [1.165, 1.54) is 0 Å². The van der Waals surface area contributed by atoms with Crippen LogP contribution in [0.3, 0.4) is 0 Å². The van der Waals surface area contributed by atoms with Crippen LogP contribution in [-0.4, -0.2) is 18.4 Å². The van der Waals surface area contributed by atoms with E-state index in [0.29, 0.717) is 33.5 Å². The Hall–Kier alpha value is -2.24. The number of nitrogens with one attached hydrogen (secondary N) is 3. The lowest BCUT2D eigenvalue weighted by Gasteiger charge is -2.11. The standard InChI is InChI=1S/C17H17Cl2N3O2/c1-2-15(23)21-11-5-3-6-12(9-11)22-16(24)10-20-14-8-4-7-13(18)17(14)19/h3-9,20H,2,10H2,1H3,(H,21,23)(H,22,24). The average Bonchev–Trinajstić information content (AvgIpc) is 2.56. The molecule has 0 aliphatic rings. The van der Waals surface area contributed by atoms with Crippen molar-refractivity contribution in [3.63, 3.8) is 0 Å². The third-order valence-corrected chi connectivity index (χ3v) is 3.96. The van der Waals surface area contributed by atoms with E-state index in [1.807, 2.05) is 0 Å². The lowest BCUT2D eigenvalue weighted by molar-refractivity contribution is -0.116.